The third-order valence-electron chi connectivity index (χ3n) is 4.97. The smallest absolute Gasteiger partial charge is 0.231 e. The van der Waals surface area contributed by atoms with Gasteiger partial charge in [-0.05, 0) is 48.7 Å². The van der Waals surface area contributed by atoms with Crippen LogP contribution in [0, 0.1) is 5.92 Å². The van der Waals surface area contributed by atoms with Gasteiger partial charge in [0.1, 0.15) is 5.75 Å². The molecule has 0 aliphatic carbocycles. The van der Waals surface area contributed by atoms with Crippen LogP contribution in [0.15, 0.2) is 60.7 Å². The van der Waals surface area contributed by atoms with E-state index in [9.17, 15) is 4.79 Å². The van der Waals surface area contributed by atoms with E-state index in [-0.39, 0.29) is 17.7 Å². The molecule has 3 rings (SSSR count). The molecule has 25 heavy (non-hydrogen) atoms. The second-order valence-corrected chi connectivity index (χ2v) is 6.31. The van der Waals surface area contributed by atoms with Crippen LogP contribution in [0.5, 0.6) is 5.75 Å². The molecule has 0 saturated carbocycles. The van der Waals surface area contributed by atoms with Gasteiger partial charge in [-0.1, -0.05) is 43.3 Å². The Morgan fingerprint density at radius 3 is 2.24 bits per heavy atom. The van der Waals surface area contributed by atoms with E-state index in [1.165, 1.54) is 5.56 Å². The average Bonchev–Trinajstić information content (AvgIpc) is 2.68. The van der Waals surface area contributed by atoms with Gasteiger partial charge in [0, 0.05) is 24.1 Å². The lowest BCUT2D eigenvalue weighted by molar-refractivity contribution is -0.133. The standard InChI is InChI=1S/C22H25NO2/c1-4-19-20(16-9-7-6-8-10-16)15-21(23(5-2)22(19)24)17-11-13-18(25-3)14-12-17/h6-15,19-20H,4-5H2,1-3H3. The number of nitrogens with zero attached hydrogens (tertiary/aromatic N) is 1. The van der Waals surface area contributed by atoms with Crippen LogP contribution in [-0.2, 0) is 4.79 Å². The molecule has 0 saturated heterocycles. The lowest BCUT2D eigenvalue weighted by atomic mass is 9.79. The highest BCUT2D eigenvalue weighted by atomic mass is 16.5. The Balaban J connectivity index is 2.08. The van der Waals surface area contributed by atoms with Crippen LogP contribution in [-0.4, -0.2) is 24.5 Å². The number of rotatable bonds is 5. The normalized spacial score (nSPS) is 20.4. The van der Waals surface area contributed by atoms with E-state index in [0.29, 0.717) is 6.54 Å². The van der Waals surface area contributed by atoms with E-state index in [2.05, 4.69) is 25.1 Å². The van der Waals surface area contributed by atoms with Crippen LogP contribution in [0.2, 0.25) is 0 Å². The lowest BCUT2D eigenvalue weighted by Gasteiger charge is -2.37. The van der Waals surface area contributed by atoms with E-state index in [1.807, 2.05) is 54.3 Å². The predicted molar refractivity (Wildman–Crippen MR) is 101 cm³/mol. The summed E-state index contributed by atoms with van der Waals surface area (Å²) in [6.45, 7) is 4.80. The largest absolute Gasteiger partial charge is 0.497 e. The van der Waals surface area contributed by atoms with Gasteiger partial charge in [0.15, 0.2) is 0 Å². The highest BCUT2D eigenvalue weighted by molar-refractivity contribution is 5.92. The highest BCUT2D eigenvalue weighted by Gasteiger charge is 2.36. The van der Waals surface area contributed by atoms with Crippen LogP contribution in [0.1, 0.15) is 37.3 Å². The quantitative estimate of drug-likeness (QED) is 0.792. The van der Waals surface area contributed by atoms with Crippen LogP contribution >= 0.6 is 0 Å². The number of amides is 1. The van der Waals surface area contributed by atoms with E-state index in [0.717, 1.165) is 23.4 Å². The summed E-state index contributed by atoms with van der Waals surface area (Å²) in [5.41, 5.74) is 3.24. The first kappa shape index (κ1) is 17.3. The summed E-state index contributed by atoms with van der Waals surface area (Å²) in [6, 6.07) is 18.3. The van der Waals surface area contributed by atoms with Gasteiger partial charge in [-0.3, -0.25) is 4.79 Å². The summed E-state index contributed by atoms with van der Waals surface area (Å²) in [4.78, 5) is 15.1. The zero-order valence-corrected chi connectivity index (χ0v) is 15.1. The summed E-state index contributed by atoms with van der Waals surface area (Å²) in [5, 5.41) is 0. The fraction of sp³-hybridized carbons (Fsp3) is 0.318. The van der Waals surface area contributed by atoms with Gasteiger partial charge in [-0.15, -0.1) is 0 Å². The Morgan fingerprint density at radius 1 is 1.00 bits per heavy atom. The third kappa shape index (κ3) is 3.32. The number of hydrogen-bond acceptors (Lipinski definition) is 2. The maximum atomic E-state index is 13.1. The molecule has 0 fully saturated rings. The first-order valence-electron chi connectivity index (χ1n) is 8.92. The van der Waals surface area contributed by atoms with Crippen molar-refractivity contribution in [1.29, 1.82) is 0 Å². The number of carbonyl (C=O) groups is 1. The van der Waals surface area contributed by atoms with Crippen LogP contribution in [0.4, 0.5) is 0 Å². The van der Waals surface area contributed by atoms with Crippen molar-refractivity contribution in [2.75, 3.05) is 13.7 Å². The zero-order chi connectivity index (χ0) is 17.8. The number of carbonyl (C=O) groups excluding carboxylic acids is 1. The van der Waals surface area contributed by atoms with Crippen LogP contribution < -0.4 is 4.74 Å². The predicted octanol–water partition coefficient (Wildman–Crippen LogP) is 4.71. The van der Waals surface area contributed by atoms with Crippen molar-refractivity contribution in [1.82, 2.24) is 4.90 Å². The maximum Gasteiger partial charge on any atom is 0.231 e. The number of methoxy groups -OCH3 is 1. The van der Waals surface area contributed by atoms with Crippen molar-refractivity contribution in [3.8, 4) is 5.75 Å². The number of allylic oxidation sites excluding steroid dienone is 1. The molecule has 1 heterocycles. The molecule has 1 amide bonds. The van der Waals surface area contributed by atoms with E-state index >= 15 is 0 Å². The third-order valence-corrected chi connectivity index (χ3v) is 4.97. The van der Waals surface area contributed by atoms with Crippen LogP contribution in [0.25, 0.3) is 5.70 Å². The number of benzene rings is 2. The summed E-state index contributed by atoms with van der Waals surface area (Å²) in [7, 11) is 1.66. The summed E-state index contributed by atoms with van der Waals surface area (Å²) < 4.78 is 5.26. The van der Waals surface area contributed by atoms with Gasteiger partial charge >= 0.3 is 0 Å². The van der Waals surface area contributed by atoms with Crippen molar-refractivity contribution in [2.45, 2.75) is 26.2 Å². The Morgan fingerprint density at radius 2 is 1.68 bits per heavy atom. The molecule has 1 aliphatic rings. The summed E-state index contributed by atoms with van der Waals surface area (Å²) in [5.74, 6) is 1.13. The summed E-state index contributed by atoms with van der Waals surface area (Å²) in [6.07, 6.45) is 3.09. The molecule has 1 aliphatic heterocycles. The molecule has 0 N–H and O–H groups in total. The van der Waals surface area contributed by atoms with Gasteiger partial charge < -0.3 is 9.64 Å². The van der Waals surface area contributed by atoms with E-state index < -0.39 is 0 Å². The molecule has 0 radical (unpaired) electrons. The first-order chi connectivity index (χ1) is 12.2. The SMILES string of the molecule is CCC1C(=O)N(CC)C(c2ccc(OC)cc2)=CC1c1ccccc1. The Bertz CT molecular complexity index is 749. The minimum absolute atomic E-state index is 0.00986. The molecule has 2 unspecified atom stereocenters. The van der Waals surface area contributed by atoms with Crippen molar-refractivity contribution in [2.24, 2.45) is 5.92 Å². The van der Waals surface area contributed by atoms with Crippen molar-refractivity contribution < 1.29 is 9.53 Å². The maximum absolute atomic E-state index is 13.1. The molecule has 0 bridgehead atoms. The molecule has 0 spiro atoms. The average molecular weight is 335 g/mol. The Hall–Kier alpha value is -2.55. The summed E-state index contributed by atoms with van der Waals surface area (Å²) >= 11 is 0. The molecule has 3 heteroatoms. The Labute approximate surface area is 149 Å². The topological polar surface area (TPSA) is 29.5 Å². The van der Waals surface area contributed by atoms with Gasteiger partial charge in [0.2, 0.25) is 5.91 Å². The molecule has 2 atom stereocenters. The second-order valence-electron chi connectivity index (χ2n) is 6.31. The van der Waals surface area contributed by atoms with Crippen molar-refractivity contribution in [3.05, 3.63) is 71.8 Å². The van der Waals surface area contributed by atoms with E-state index in [4.69, 9.17) is 4.74 Å². The second kappa shape index (κ2) is 7.56. The fourth-order valence-electron chi connectivity index (χ4n) is 3.62. The van der Waals surface area contributed by atoms with Gasteiger partial charge in [0.25, 0.3) is 0 Å². The number of hydrogen-bond donors (Lipinski definition) is 0. The first-order valence-corrected chi connectivity index (χ1v) is 8.92. The molecule has 0 aromatic heterocycles. The zero-order valence-electron chi connectivity index (χ0n) is 15.1. The molecular weight excluding hydrogens is 310 g/mol. The Kier molecular flexibility index (Phi) is 5.22. The highest BCUT2D eigenvalue weighted by Crippen LogP contribution is 2.39. The minimum Gasteiger partial charge on any atom is -0.497 e. The van der Waals surface area contributed by atoms with Crippen LogP contribution in [0.3, 0.4) is 0 Å². The van der Waals surface area contributed by atoms with Gasteiger partial charge in [0.05, 0.1) is 7.11 Å². The molecule has 130 valence electrons. The minimum atomic E-state index is -0.00986. The van der Waals surface area contributed by atoms with E-state index in [1.54, 1.807) is 7.11 Å². The molecule has 3 nitrogen and oxygen atoms in total. The molecular formula is C22H25NO2. The lowest BCUT2D eigenvalue weighted by Crippen LogP contribution is -2.40. The monoisotopic (exact) mass is 335 g/mol. The van der Waals surface area contributed by atoms with Gasteiger partial charge in [-0.25, -0.2) is 0 Å². The van der Waals surface area contributed by atoms with Crippen molar-refractivity contribution in [3.63, 3.8) is 0 Å². The molecule has 2 aromatic carbocycles. The van der Waals surface area contributed by atoms with Gasteiger partial charge in [-0.2, -0.15) is 0 Å². The fourth-order valence-corrected chi connectivity index (χ4v) is 3.62. The molecule has 2 aromatic rings. The van der Waals surface area contributed by atoms with Crippen molar-refractivity contribution >= 4 is 11.6 Å². The number of ether oxygens (including phenoxy) is 1.